The second-order valence-corrected chi connectivity index (χ2v) is 9.53. The molecular formula is C21H31FO. The van der Waals surface area contributed by atoms with Gasteiger partial charge < -0.3 is 5.11 Å². The van der Waals surface area contributed by atoms with Crippen molar-refractivity contribution >= 4 is 0 Å². The molecule has 1 nitrogen and oxygen atoms in total. The lowest BCUT2D eigenvalue weighted by Crippen LogP contribution is -2.56. The minimum atomic E-state index is -0.906. The maximum Gasteiger partial charge on any atom is 0.130 e. The van der Waals surface area contributed by atoms with Gasteiger partial charge in [0.1, 0.15) is 11.8 Å². The van der Waals surface area contributed by atoms with Crippen molar-refractivity contribution in [2.75, 3.05) is 0 Å². The van der Waals surface area contributed by atoms with Crippen LogP contribution in [0.3, 0.4) is 0 Å². The zero-order valence-corrected chi connectivity index (χ0v) is 14.7. The van der Waals surface area contributed by atoms with Gasteiger partial charge in [0.15, 0.2) is 0 Å². The molecule has 0 aromatic rings. The number of hydrogen-bond acceptors (Lipinski definition) is 1. The Labute approximate surface area is 140 Å². The third-order valence-electron chi connectivity index (χ3n) is 8.99. The van der Waals surface area contributed by atoms with Crippen molar-refractivity contribution in [1.29, 1.82) is 0 Å². The van der Waals surface area contributed by atoms with Gasteiger partial charge in [0.05, 0.1) is 0 Å². The molecule has 8 atom stereocenters. The molecule has 4 rings (SSSR count). The molecule has 1 N–H and O–H groups in total. The first-order chi connectivity index (χ1) is 10.8. The van der Waals surface area contributed by atoms with E-state index in [4.69, 9.17) is 6.42 Å². The molecule has 0 aromatic heterocycles. The minimum absolute atomic E-state index is 0.108. The van der Waals surface area contributed by atoms with Crippen LogP contribution in [0.4, 0.5) is 4.39 Å². The summed E-state index contributed by atoms with van der Waals surface area (Å²) in [6.45, 7) is 4.69. The predicted molar refractivity (Wildman–Crippen MR) is 90.4 cm³/mol. The SMILES string of the molecule is C#C[C@]1(O)CC[C@H]2[C@@H]3CC[C@H]4CC(F)CC[C@]4(C)[C@H]3CC[C@@]21C. The van der Waals surface area contributed by atoms with Crippen LogP contribution in [0.1, 0.15) is 71.6 Å². The number of fused-ring (bicyclic) bond motifs is 5. The molecule has 0 aliphatic heterocycles. The van der Waals surface area contributed by atoms with E-state index in [0.29, 0.717) is 29.1 Å². The van der Waals surface area contributed by atoms with E-state index in [1.54, 1.807) is 0 Å². The molecule has 0 saturated heterocycles. The number of halogens is 1. The van der Waals surface area contributed by atoms with Crippen LogP contribution in [0, 0.1) is 46.8 Å². The van der Waals surface area contributed by atoms with Gasteiger partial charge in [0.2, 0.25) is 0 Å². The van der Waals surface area contributed by atoms with E-state index in [0.717, 1.165) is 38.5 Å². The third-order valence-corrected chi connectivity index (χ3v) is 8.99. The molecule has 2 heteroatoms. The zero-order chi connectivity index (χ0) is 16.5. The normalized spacial score (nSPS) is 58.7. The second-order valence-electron chi connectivity index (χ2n) is 9.53. The van der Waals surface area contributed by atoms with E-state index in [1.165, 1.54) is 19.3 Å². The molecule has 4 fully saturated rings. The standard InChI is InChI=1S/C21H31FO/c1-4-21(23)12-9-18-16-6-5-14-13-15(22)7-10-19(14,2)17(16)8-11-20(18,21)3/h1,14-18,23H,5-13H2,2-3H3/t14-,15?,16+,17-,18-,19-,20-,21-/m0/s1. The van der Waals surface area contributed by atoms with Crippen molar-refractivity contribution in [1.82, 2.24) is 0 Å². The maximum atomic E-state index is 13.9. The highest BCUT2D eigenvalue weighted by Crippen LogP contribution is 2.68. The fourth-order valence-electron chi connectivity index (χ4n) is 7.46. The van der Waals surface area contributed by atoms with Crippen LogP contribution in [0.2, 0.25) is 0 Å². The summed E-state index contributed by atoms with van der Waals surface area (Å²) in [6.07, 6.45) is 14.2. The molecule has 1 unspecified atom stereocenters. The molecule has 0 amide bonds. The summed E-state index contributed by atoms with van der Waals surface area (Å²) >= 11 is 0. The van der Waals surface area contributed by atoms with Crippen LogP contribution in [-0.2, 0) is 0 Å². The molecular weight excluding hydrogens is 287 g/mol. The highest BCUT2D eigenvalue weighted by atomic mass is 19.1. The highest BCUT2D eigenvalue weighted by Gasteiger charge is 2.64. The molecule has 128 valence electrons. The van der Waals surface area contributed by atoms with Crippen molar-refractivity contribution in [3.8, 4) is 12.3 Å². The molecule has 4 saturated carbocycles. The van der Waals surface area contributed by atoms with E-state index in [9.17, 15) is 9.50 Å². The van der Waals surface area contributed by atoms with Gasteiger partial charge in [0, 0.05) is 5.41 Å². The smallest absolute Gasteiger partial charge is 0.130 e. The summed E-state index contributed by atoms with van der Waals surface area (Å²) in [5.74, 6) is 5.29. The zero-order valence-electron chi connectivity index (χ0n) is 14.7. The largest absolute Gasteiger partial charge is 0.377 e. The Balaban J connectivity index is 1.65. The number of aliphatic hydroxyl groups is 1. The van der Waals surface area contributed by atoms with Gasteiger partial charge in [-0.2, -0.15) is 0 Å². The monoisotopic (exact) mass is 318 g/mol. The Kier molecular flexibility index (Phi) is 3.45. The van der Waals surface area contributed by atoms with Gasteiger partial charge in [-0.15, -0.1) is 6.42 Å². The second kappa shape index (κ2) is 4.98. The van der Waals surface area contributed by atoms with Crippen LogP contribution in [0.5, 0.6) is 0 Å². The number of rotatable bonds is 0. The lowest BCUT2D eigenvalue weighted by atomic mass is 9.44. The first kappa shape index (κ1) is 15.9. The van der Waals surface area contributed by atoms with Crippen LogP contribution in [0.25, 0.3) is 0 Å². The van der Waals surface area contributed by atoms with Gasteiger partial charge in [0.25, 0.3) is 0 Å². The van der Waals surface area contributed by atoms with E-state index in [-0.39, 0.29) is 5.41 Å². The minimum Gasteiger partial charge on any atom is -0.377 e. The number of hydrogen-bond donors (Lipinski definition) is 1. The van der Waals surface area contributed by atoms with Gasteiger partial charge in [-0.05, 0) is 86.9 Å². The van der Waals surface area contributed by atoms with Crippen molar-refractivity contribution in [2.24, 2.45) is 34.5 Å². The summed E-state index contributed by atoms with van der Waals surface area (Å²) in [7, 11) is 0. The summed E-state index contributed by atoms with van der Waals surface area (Å²) in [6, 6.07) is 0. The number of terminal acetylenes is 1. The Bertz CT molecular complexity index is 538. The maximum absolute atomic E-state index is 13.9. The average Bonchev–Trinajstić information content (AvgIpc) is 2.80. The molecule has 4 aliphatic rings. The first-order valence-corrected chi connectivity index (χ1v) is 9.68. The Hall–Kier alpha value is -0.550. The first-order valence-electron chi connectivity index (χ1n) is 9.68. The topological polar surface area (TPSA) is 20.2 Å². The van der Waals surface area contributed by atoms with Gasteiger partial charge in [-0.1, -0.05) is 19.8 Å². The molecule has 0 bridgehead atoms. The van der Waals surface area contributed by atoms with Crippen LogP contribution >= 0.6 is 0 Å². The third kappa shape index (κ3) is 1.95. The van der Waals surface area contributed by atoms with Gasteiger partial charge in [-0.3, -0.25) is 0 Å². The summed E-state index contributed by atoms with van der Waals surface area (Å²) in [5.41, 5.74) is -0.690. The van der Waals surface area contributed by atoms with Crippen molar-refractivity contribution in [3.05, 3.63) is 0 Å². The van der Waals surface area contributed by atoms with Crippen LogP contribution in [-0.4, -0.2) is 16.9 Å². The quantitative estimate of drug-likeness (QED) is 0.640. The summed E-state index contributed by atoms with van der Waals surface area (Å²) in [5, 5.41) is 11.0. The van der Waals surface area contributed by atoms with Crippen molar-refractivity contribution < 1.29 is 9.50 Å². The Morgan fingerprint density at radius 2 is 1.74 bits per heavy atom. The molecule has 0 radical (unpaired) electrons. The fourth-order valence-corrected chi connectivity index (χ4v) is 7.46. The molecule has 23 heavy (non-hydrogen) atoms. The molecule has 0 aromatic carbocycles. The average molecular weight is 318 g/mol. The van der Waals surface area contributed by atoms with Gasteiger partial charge in [-0.25, -0.2) is 4.39 Å². The van der Waals surface area contributed by atoms with E-state index < -0.39 is 11.8 Å². The molecule has 0 heterocycles. The fraction of sp³-hybridized carbons (Fsp3) is 0.905. The van der Waals surface area contributed by atoms with Crippen molar-refractivity contribution in [3.63, 3.8) is 0 Å². The Morgan fingerprint density at radius 1 is 1.00 bits per heavy atom. The van der Waals surface area contributed by atoms with Crippen LogP contribution < -0.4 is 0 Å². The van der Waals surface area contributed by atoms with Crippen LogP contribution in [0.15, 0.2) is 0 Å². The van der Waals surface area contributed by atoms with E-state index >= 15 is 0 Å². The summed E-state index contributed by atoms with van der Waals surface area (Å²) in [4.78, 5) is 0. The van der Waals surface area contributed by atoms with Crippen molar-refractivity contribution in [2.45, 2.75) is 83.4 Å². The number of alkyl halides is 1. The lowest BCUT2D eigenvalue weighted by Gasteiger charge is -2.61. The summed E-state index contributed by atoms with van der Waals surface area (Å²) < 4.78 is 13.9. The van der Waals surface area contributed by atoms with E-state index in [2.05, 4.69) is 19.8 Å². The predicted octanol–water partition coefficient (Wildman–Crippen LogP) is 4.73. The lowest BCUT2D eigenvalue weighted by molar-refractivity contribution is -0.140. The molecule has 0 spiro atoms. The highest BCUT2D eigenvalue weighted by molar-refractivity contribution is 5.23. The van der Waals surface area contributed by atoms with Gasteiger partial charge >= 0.3 is 0 Å². The van der Waals surface area contributed by atoms with E-state index in [1.807, 2.05) is 0 Å². The molecule has 4 aliphatic carbocycles. The Morgan fingerprint density at radius 3 is 2.48 bits per heavy atom.